The molecule has 1 N–H and O–H groups in total. The van der Waals surface area contributed by atoms with E-state index in [9.17, 15) is 4.79 Å². The molecule has 0 aliphatic carbocycles. The summed E-state index contributed by atoms with van der Waals surface area (Å²) in [5.41, 5.74) is 2.15. The summed E-state index contributed by atoms with van der Waals surface area (Å²) >= 11 is 1.76. The van der Waals surface area contributed by atoms with Crippen LogP contribution in [0.3, 0.4) is 0 Å². The van der Waals surface area contributed by atoms with Crippen molar-refractivity contribution in [3.63, 3.8) is 0 Å². The van der Waals surface area contributed by atoms with Gasteiger partial charge in [-0.25, -0.2) is 4.79 Å². The van der Waals surface area contributed by atoms with Crippen LogP contribution >= 0.6 is 11.8 Å². The van der Waals surface area contributed by atoms with Crippen LogP contribution < -0.4 is 14.8 Å². The van der Waals surface area contributed by atoms with Crippen LogP contribution in [-0.4, -0.2) is 36.9 Å². The van der Waals surface area contributed by atoms with E-state index in [2.05, 4.69) is 5.32 Å². The van der Waals surface area contributed by atoms with Gasteiger partial charge >= 0.3 is 6.03 Å². The monoisotopic (exact) mass is 372 g/mol. The summed E-state index contributed by atoms with van der Waals surface area (Å²) in [6.45, 7) is 3.79. The first-order chi connectivity index (χ1) is 12.7. The number of nitrogens with zero attached hydrogens (tertiary/aromatic N) is 1. The Morgan fingerprint density at radius 3 is 2.77 bits per heavy atom. The Kier molecular flexibility index (Phi) is 6.28. The number of methoxy groups -OCH3 is 1. The summed E-state index contributed by atoms with van der Waals surface area (Å²) < 4.78 is 11.4. The predicted molar refractivity (Wildman–Crippen MR) is 105 cm³/mol. The zero-order valence-electron chi connectivity index (χ0n) is 15.1. The summed E-state index contributed by atoms with van der Waals surface area (Å²) in [4.78, 5) is 14.1. The van der Waals surface area contributed by atoms with Crippen molar-refractivity contribution in [2.24, 2.45) is 0 Å². The number of hydrogen-bond donors (Lipinski definition) is 1. The highest BCUT2D eigenvalue weighted by Gasteiger charge is 2.31. The standard InChI is InChI=1S/C20H24N2O3S/c1-3-21-20(23)22-11-12-26-19(22)16-9-10-17(18(13-16)24-2)25-14-15-7-5-4-6-8-15/h4-10,13,19H,3,11-12,14H2,1-2H3,(H,21,23)/t19-/m0/s1. The minimum Gasteiger partial charge on any atom is -0.493 e. The average molecular weight is 372 g/mol. The van der Waals surface area contributed by atoms with Crippen LogP contribution in [0, 0.1) is 0 Å². The lowest BCUT2D eigenvalue weighted by Gasteiger charge is -2.24. The van der Waals surface area contributed by atoms with Crippen molar-refractivity contribution >= 4 is 17.8 Å². The van der Waals surface area contributed by atoms with Crippen molar-refractivity contribution < 1.29 is 14.3 Å². The van der Waals surface area contributed by atoms with Crippen LogP contribution in [0.4, 0.5) is 4.79 Å². The molecule has 6 heteroatoms. The van der Waals surface area contributed by atoms with E-state index in [1.807, 2.05) is 60.4 Å². The number of nitrogens with one attached hydrogen (secondary N) is 1. The summed E-state index contributed by atoms with van der Waals surface area (Å²) in [5, 5.41) is 2.88. The van der Waals surface area contributed by atoms with Gasteiger partial charge in [-0.3, -0.25) is 0 Å². The lowest BCUT2D eigenvalue weighted by atomic mass is 10.2. The molecule has 1 fully saturated rings. The number of benzene rings is 2. The molecule has 1 aliphatic heterocycles. The first-order valence-corrected chi connectivity index (χ1v) is 9.78. The smallest absolute Gasteiger partial charge is 0.318 e. The number of carbonyl (C=O) groups excluding carboxylic acids is 1. The van der Waals surface area contributed by atoms with Gasteiger partial charge in [-0.1, -0.05) is 36.4 Å². The molecule has 0 unspecified atom stereocenters. The number of urea groups is 1. The Labute approximate surface area is 158 Å². The highest BCUT2D eigenvalue weighted by Crippen LogP contribution is 2.41. The topological polar surface area (TPSA) is 50.8 Å². The number of amides is 2. The lowest BCUT2D eigenvalue weighted by molar-refractivity contribution is 0.201. The minimum absolute atomic E-state index is 0.00127. The van der Waals surface area contributed by atoms with E-state index in [0.29, 0.717) is 24.7 Å². The summed E-state index contributed by atoms with van der Waals surface area (Å²) in [5.74, 6) is 2.31. The number of thioether (sulfide) groups is 1. The van der Waals surface area contributed by atoms with Gasteiger partial charge in [0.25, 0.3) is 0 Å². The third-order valence-corrected chi connectivity index (χ3v) is 5.45. The lowest BCUT2D eigenvalue weighted by Crippen LogP contribution is -2.39. The Balaban J connectivity index is 1.74. The quantitative estimate of drug-likeness (QED) is 0.831. The molecule has 1 saturated heterocycles. The van der Waals surface area contributed by atoms with Gasteiger partial charge in [-0.15, -0.1) is 11.8 Å². The van der Waals surface area contributed by atoms with Gasteiger partial charge in [0.05, 0.1) is 7.11 Å². The first kappa shape index (κ1) is 18.5. The molecule has 2 aromatic carbocycles. The summed E-state index contributed by atoms with van der Waals surface area (Å²) in [7, 11) is 1.64. The van der Waals surface area contributed by atoms with E-state index < -0.39 is 0 Å². The van der Waals surface area contributed by atoms with Gasteiger partial charge in [0.2, 0.25) is 0 Å². The van der Waals surface area contributed by atoms with Gasteiger partial charge in [0, 0.05) is 18.8 Å². The molecule has 0 saturated carbocycles. The molecule has 5 nitrogen and oxygen atoms in total. The molecule has 0 radical (unpaired) electrons. The normalized spacial score (nSPS) is 16.4. The third kappa shape index (κ3) is 4.25. The highest BCUT2D eigenvalue weighted by atomic mass is 32.2. The van der Waals surface area contributed by atoms with E-state index in [0.717, 1.165) is 23.4 Å². The van der Waals surface area contributed by atoms with Crippen molar-refractivity contribution in [1.29, 1.82) is 0 Å². The Hall–Kier alpha value is -2.34. The maximum absolute atomic E-state index is 12.3. The van der Waals surface area contributed by atoms with E-state index >= 15 is 0 Å². The number of rotatable bonds is 6. The predicted octanol–water partition coefficient (Wildman–Crippen LogP) is 4.05. The molecular formula is C20H24N2O3S. The molecule has 26 heavy (non-hydrogen) atoms. The first-order valence-electron chi connectivity index (χ1n) is 8.73. The summed E-state index contributed by atoms with van der Waals surface area (Å²) in [6, 6.07) is 15.9. The van der Waals surface area contributed by atoms with Crippen LogP contribution in [0.25, 0.3) is 0 Å². The fraction of sp³-hybridized carbons (Fsp3) is 0.350. The maximum Gasteiger partial charge on any atom is 0.318 e. The van der Waals surface area contributed by atoms with Crippen LogP contribution in [0.15, 0.2) is 48.5 Å². The van der Waals surface area contributed by atoms with Gasteiger partial charge in [0.1, 0.15) is 12.0 Å². The fourth-order valence-corrected chi connectivity index (χ4v) is 4.14. The maximum atomic E-state index is 12.3. The number of carbonyl (C=O) groups is 1. The molecule has 1 atom stereocenters. The van der Waals surface area contributed by atoms with E-state index in [-0.39, 0.29) is 11.4 Å². The fourth-order valence-electron chi connectivity index (χ4n) is 2.90. The second kappa shape index (κ2) is 8.85. The number of hydrogen-bond acceptors (Lipinski definition) is 4. The van der Waals surface area contributed by atoms with E-state index in [4.69, 9.17) is 9.47 Å². The molecule has 0 aromatic heterocycles. The molecule has 1 heterocycles. The molecule has 138 valence electrons. The van der Waals surface area contributed by atoms with Crippen LogP contribution in [0.1, 0.15) is 23.4 Å². The van der Waals surface area contributed by atoms with Crippen molar-refractivity contribution in [3.8, 4) is 11.5 Å². The number of ether oxygens (including phenoxy) is 2. The zero-order valence-corrected chi connectivity index (χ0v) is 15.9. The zero-order chi connectivity index (χ0) is 18.4. The van der Waals surface area contributed by atoms with Gasteiger partial charge in [0.15, 0.2) is 11.5 Å². The van der Waals surface area contributed by atoms with Crippen LogP contribution in [-0.2, 0) is 6.61 Å². The van der Waals surface area contributed by atoms with Crippen molar-refractivity contribution in [3.05, 3.63) is 59.7 Å². The molecule has 0 bridgehead atoms. The minimum atomic E-state index is -0.0223. The van der Waals surface area contributed by atoms with Crippen molar-refractivity contribution in [2.75, 3.05) is 26.0 Å². The molecule has 1 aliphatic rings. The van der Waals surface area contributed by atoms with E-state index in [1.54, 1.807) is 18.9 Å². The van der Waals surface area contributed by atoms with Crippen LogP contribution in [0.5, 0.6) is 11.5 Å². The van der Waals surface area contributed by atoms with Crippen molar-refractivity contribution in [2.45, 2.75) is 18.9 Å². The van der Waals surface area contributed by atoms with Gasteiger partial charge in [-0.2, -0.15) is 0 Å². The molecular weight excluding hydrogens is 348 g/mol. The highest BCUT2D eigenvalue weighted by molar-refractivity contribution is 7.99. The Morgan fingerprint density at radius 2 is 2.04 bits per heavy atom. The Morgan fingerprint density at radius 1 is 1.23 bits per heavy atom. The second-order valence-corrected chi connectivity index (χ2v) is 7.12. The summed E-state index contributed by atoms with van der Waals surface area (Å²) in [6.07, 6.45) is 0. The average Bonchev–Trinajstić information content (AvgIpc) is 3.17. The second-order valence-electron chi connectivity index (χ2n) is 5.94. The van der Waals surface area contributed by atoms with E-state index in [1.165, 1.54) is 0 Å². The molecule has 2 aromatic rings. The molecule has 0 spiro atoms. The SMILES string of the molecule is CCNC(=O)N1CCS[C@H]1c1ccc(OCc2ccccc2)c(OC)c1. The Bertz CT molecular complexity index is 739. The molecule has 2 amide bonds. The van der Waals surface area contributed by atoms with Crippen LogP contribution in [0.2, 0.25) is 0 Å². The van der Waals surface area contributed by atoms with Gasteiger partial charge < -0.3 is 19.7 Å². The molecule has 3 rings (SSSR count). The third-order valence-electron chi connectivity index (χ3n) is 4.19. The van der Waals surface area contributed by atoms with Gasteiger partial charge in [-0.05, 0) is 30.2 Å². The van der Waals surface area contributed by atoms with Crippen molar-refractivity contribution in [1.82, 2.24) is 10.2 Å². The largest absolute Gasteiger partial charge is 0.493 e.